The van der Waals surface area contributed by atoms with Gasteiger partial charge in [-0.05, 0) is 12.8 Å². The predicted octanol–water partition coefficient (Wildman–Crippen LogP) is 1.05. The Hall–Kier alpha value is -0.930. The van der Waals surface area contributed by atoms with Crippen molar-refractivity contribution in [3.8, 4) is 0 Å². The fraction of sp³-hybridized carbons (Fsp3) is 0.571. The van der Waals surface area contributed by atoms with Crippen LogP contribution in [0.4, 0.5) is 4.39 Å². The van der Waals surface area contributed by atoms with Crippen molar-refractivity contribution < 1.29 is 4.39 Å². The van der Waals surface area contributed by atoms with E-state index in [1.54, 1.807) is 11.6 Å². The van der Waals surface area contributed by atoms with Crippen LogP contribution < -0.4 is 0 Å². The maximum Gasteiger partial charge on any atom is 0.167 e. The Morgan fingerprint density at radius 2 is 2.55 bits per heavy atom. The SMILES string of the molecule is Cn1cnnc1[C@@H](F)[C@H]1[CH]C1. The zero-order valence-corrected chi connectivity index (χ0v) is 6.24. The van der Waals surface area contributed by atoms with Crippen LogP contribution in [0.3, 0.4) is 0 Å². The quantitative estimate of drug-likeness (QED) is 0.637. The molecule has 0 bridgehead atoms. The molecule has 0 spiro atoms. The Kier molecular flexibility index (Phi) is 1.41. The third-order valence-electron chi connectivity index (χ3n) is 1.88. The molecule has 11 heavy (non-hydrogen) atoms. The predicted molar refractivity (Wildman–Crippen MR) is 37.3 cm³/mol. The molecule has 59 valence electrons. The fourth-order valence-corrected chi connectivity index (χ4v) is 1.05. The van der Waals surface area contributed by atoms with Gasteiger partial charge >= 0.3 is 0 Å². The number of rotatable bonds is 2. The Morgan fingerprint density at radius 3 is 3.00 bits per heavy atom. The number of halogens is 1. The van der Waals surface area contributed by atoms with E-state index in [2.05, 4.69) is 10.2 Å². The molecule has 0 aliphatic heterocycles. The molecule has 4 heteroatoms. The first-order valence-electron chi connectivity index (χ1n) is 3.60. The summed E-state index contributed by atoms with van der Waals surface area (Å²) in [7, 11) is 1.75. The number of hydrogen-bond donors (Lipinski definition) is 0. The molecule has 1 aliphatic rings. The molecule has 2 rings (SSSR count). The van der Waals surface area contributed by atoms with Crippen LogP contribution in [0.25, 0.3) is 0 Å². The molecule has 1 saturated carbocycles. The minimum atomic E-state index is -0.956. The van der Waals surface area contributed by atoms with Gasteiger partial charge in [0.1, 0.15) is 6.33 Å². The second-order valence-electron chi connectivity index (χ2n) is 2.84. The second kappa shape index (κ2) is 2.29. The fourth-order valence-electron chi connectivity index (χ4n) is 1.05. The van der Waals surface area contributed by atoms with Gasteiger partial charge in [0.2, 0.25) is 0 Å². The number of hydrogen-bond acceptors (Lipinski definition) is 2. The van der Waals surface area contributed by atoms with Gasteiger partial charge in [-0.25, -0.2) is 4.39 Å². The van der Waals surface area contributed by atoms with Crippen LogP contribution in [0.1, 0.15) is 18.4 Å². The lowest BCUT2D eigenvalue weighted by Crippen LogP contribution is -2.02. The Morgan fingerprint density at radius 1 is 1.82 bits per heavy atom. The van der Waals surface area contributed by atoms with Crippen molar-refractivity contribution >= 4 is 0 Å². The van der Waals surface area contributed by atoms with Crippen LogP contribution in [0.15, 0.2) is 6.33 Å². The standard InChI is InChI=1S/C7H9FN3/c1-11-4-9-10-7(11)6(8)5-2-3-5/h2,4-6H,3H2,1H3/t5-,6-/m0/s1. The summed E-state index contributed by atoms with van der Waals surface area (Å²) < 4.78 is 14.9. The van der Waals surface area contributed by atoms with Crippen molar-refractivity contribution in [2.45, 2.75) is 12.6 Å². The first-order chi connectivity index (χ1) is 5.29. The van der Waals surface area contributed by atoms with Crippen LogP contribution in [-0.4, -0.2) is 14.8 Å². The highest BCUT2D eigenvalue weighted by Crippen LogP contribution is 2.41. The molecular weight excluding hydrogens is 145 g/mol. The van der Waals surface area contributed by atoms with Crippen LogP contribution in [0, 0.1) is 12.3 Å². The minimum Gasteiger partial charge on any atom is -0.318 e. The van der Waals surface area contributed by atoms with Gasteiger partial charge in [-0.3, -0.25) is 0 Å². The summed E-state index contributed by atoms with van der Waals surface area (Å²) >= 11 is 0. The van der Waals surface area contributed by atoms with Gasteiger partial charge in [-0.2, -0.15) is 0 Å². The van der Waals surface area contributed by atoms with Crippen LogP contribution >= 0.6 is 0 Å². The van der Waals surface area contributed by atoms with Crippen molar-refractivity contribution in [2.75, 3.05) is 0 Å². The lowest BCUT2D eigenvalue weighted by Gasteiger charge is -2.03. The number of aromatic nitrogens is 3. The van der Waals surface area contributed by atoms with Gasteiger partial charge in [0.25, 0.3) is 0 Å². The summed E-state index contributed by atoms with van der Waals surface area (Å²) in [6.07, 6.45) is 3.38. The molecule has 0 amide bonds. The average molecular weight is 154 g/mol. The highest BCUT2D eigenvalue weighted by atomic mass is 19.1. The zero-order chi connectivity index (χ0) is 7.84. The summed E-state index contributed by atoms with van der Waals surface area (Å²) in [6, 6.07) is 0. The van der Waals surface area contributed by atoms with Crippen molar-refractivity contribution in [1.29, 1.82) is 0 Å². The minimum absolute atomic E-state index is 0.0814. The van der Waals surface area contributed by atoms with Crippen molar-refractivity contribution in [3.63, 3.8) is 0 Å². The lowest BCUT2D eigenvalue weighted by molar-refractivity contribution is 0.290. The van der Waals surface area contributed by atoms with Crippen molar-refractivity contribution in [2.24, 2.45) is 13.0 Å². The van der Waals surface area contributed by atoms with E-state index in [9.17, 15) is 4.39 Å². The van der Waals surface area contributed by atoms with E-state index in [1.165, 1.54) is 6.33 Å². The topological polar surface area (TPSA) is 30.7 Å². The van der Waals surface area contributed by atoms with E-state index in [1.807, 2.05) is 6.42 Å². The van der Waals surface area contributed by atoms with Crippen LogP contribution in [0.2, 0.25) is 0 Å². The molecule has 3 nitrogen and oxygen atoms in total. The van der Waals surface area contributed by atoms with E-state index >= 15 is 0 Å². The molecule has 1 aromatic rings. The van der Waals surface area contributed by atoms with Gasteiger partial charge < -0.3 is 4.57 Å². The summed E-state index contributed by atoms with van der Waals surface area (Å²) in [4.78, 5) is 0. The second-order valence-corrected chi connectivity index (χ2v) is 2.84. The summed E-state index contributed by atoms with van der Waals surface area (Å²) in [5.74, 6) is 0.515. The summed E-state index contributed by atoms with van der Waals surface area (Å²) in [5, 5.41) is 7.31. The lowest BCUT2D eigenvalue weighted by atomic mass is 10.2. The smallest absolute Gasteiger partial charge is 0.167 e. The zero-order valence-electron chi connectivity index (χ0n) is 6.24. The molecule has 0 saturated heterocycles. The Labute approximate surface area is 64.2 Å². The summed E-state index contributed by atoms with van der Waals surface area (Å²) in [6.45, 7) is 0. The maximum absolute atomic E-state index is 13.3. The summed E-state index contributed by atoms with van der Waals surface area (Å²) in [5.41, 5.74) is 0. The van der Waals surface area contributed by atoms with Crippen LogP contribution in [0.5, 0.6) is 0 Å². The largest absolute Gasteiger partial charge is 0.318 e. The number of nitrogens with zero attached hydrogens (tertiary/aromatic N) is 3. The average Bonchev–Trinajstić information content (AvgIpc) is 2.74. The Bertz CT molecular complexity index is 254. The third kappa shape index (κ3) is 1.13. The Balaban J connectivity index is 2.20. The molecule has 1 fully saturated rings. The highest BCUT2D eigenvalue weighted by Gasteiger charge is 2.35. The molecule has 1 radical (unpaired) electrons. The van der Waals surface area contributed by atoms with Gasteiger partial charge in [-0.15, -0.1) is 10.2 Å². The normalized spacial score (nSPS) is 20.2. The van der Waals surface area contributed by atoms with E-state index in [0.717, 1.165) is 6.42 Å². The highest BCUT2D eigenvalue weighted by molar-refractivity contribution is 5.06. The first kappa shape index (κ1) is 6.76. The van der Waals surface area contributed by atoms with E-state index in [-0.39, 0.29) is 5.92 Å². The molecule has 1 aromatic heterocycles. The van der Waals surface area contributed by atoms with Crippen molar-refractivity contribution in [3.05, 3.63) is 18.6 Å². The van der Waals surface area contributed by atoms with Crippen molar-refractivity contribution in [1.82, 2.24) is 14.8 Å². The molecule has 2 atom stereocenters. The molecule has 0 aromatic carbocycles. The van der Waals surface area contributed by atoms with Gasteiger partial charge in [0.05, 0.1) is 0 Å². The first-order valence-corrected chi connectivity index (χ1v) is 3.60. The van der Waals surface area contributed by atoms with E-state index in [4.69, 9.17) is 0 Å². The molecule has 0 N–H and O–H groups in total. The molecule has 1 heterocycles. The molecule has 0 unspecified atom stereocenters. The molecule has 1 aliphatic carbocycles. The van der Waals surface area contributed by atoms with Crippen LogP contribution in [-0.2, 0) is 7.05 Å². The number of alkyl halides is 1. The van der Waals surface area contributed by atoms with Gasteiger partial charge in [0.15, 0.2) is 12.0 Å². The van der Waals surface area contributed by atoms with E-state index < -0.39 is 6.17 Å². The monoisotopic (exact) mass is 154 g/mol. The van der Waals surface area contributed by atoms with E-state index in [0.29, 0.717) is 5.82 Å². The number of aryl methyl sites for hydroxylation is 1. The van der Waals surface area contributed by atoms with Gasteiger partial charge in [0, 0.05) is 13.0 Å². The van der Waals surface area contributed by atoms with Gasteiger partial charge in [-0.1, -0.05) is 0 Å². The third-order valence-corrected chi connectivity index (χ3v) is 1.88. The molecular formula is C7H9FN3. The maximum atomic E-state index is 13.3.